The molecule has 1 aliphatic rings. The summed E-state index contributed by atoms with van der Waals surface area (Å²) in [5.41, 5.74) is 1.66. The molecule has 0 saturated carbocycles. The number of aromatic nitrogens is 2. The van der Waals surface area contributed by atoms with Crippen molar-refractivity contribution >= 4 is 11.7 Å². The van der Waals surface area contributed by atoms with Crippen LogP contribution in [0.5, 0.6) is 0 Å². The van der Waals surface area contributed by atoms with E-state index in [1.807, 2.05) is 41.3 Å². The number of carbonyl (C=O) groups excluding carboxylic acids is 1. The lowest BCUT2D eigenvalue weighted by Crippen LogP contribution is -2.43. The van der Waals surface area contributed by atoms with Gasteiger partial charge in [0.1, 0.15) is 5.82 Å². The first-order valence-electron chi connectivity index (χ1n) is 11.2. The minimum Gasteiger partial charge on any atom is -0.379 e. The summed E-state index contributed by atoms with van der Waals surface area (Å²) < 4.78 is 7.19. The maximum Gasteiger partial charge on any atom is 0.239 e. The first-order chi connectivity index (χ1) is 15.4. The zero-order valence-corrected chi connectivity index (χ0v) is 19.4. The summed E-state index contributed by atoms with van der Waals surface area (Å²) in [6.45, 7) is 12.0. The second-order valence-electron chi connectivity index (χ2n) is 9.10. The van der Waals surface area contributed by atoms with E-state index in [1.54, 1.807) is 4.68 Å². The van der Waals surface area contributed by atoms with E-state index in [0.29, 0.717) is 18.8 Å². The number of nitrogens with zero attached hydrogens (tertiary/aromatic N) is 5. The normalized spacial score (nSPS) is 15.0. The molecule has 0 unspecified atom stereocenters. The van der Waals surface area contributed by atoms with Gasteiger partial charge >= 0.3 is 0 Å². The molecule has 172 valence electrons. The number of ether oxygens (including phenoxy) is 1. The number of amides is 1. The second kappa shape index (κ2) is 11.2. The van der Waals surface area contributed by atoms with Gasteiger partial charge in [-0.2, -0.15) is 10.4 Å². The highest BCUT2D eigenvalue weighted by atomic mass is 16.5. The quantitative estimate of drug-likeness (QED) is 0.648. The van der Waals surface area contributed by atoms with Gasteiger partial charge in [-0.05, 0) is 12.1 Å². The molecule has 1 aromatic heterocycles. The monoisotopic (exact) mass is 438 g/mol. The second-order valence-corrected chi connectivity index (χ2v) is 9.10. The molecule has 1 fully saturated rings. The van der Waals surface area contributed by atoms with Crippen molar-refractivity contribution in [2.75, 3.05) is 57.8 Å². The third-order valence-corrected chi connectivity index (χ3v) is 5.49. The first-order valence-corrected chi connectivity index (χ1v) is 11.2. The van der Waals surface area contributed by atoms with E-state index in [-0.39, 0.29) is 17.9 Å². The Hall–Kier alpha value is -2.73. The maximum atomic E-state index is 13.0. The molecule has 32 heavy (non-hydrogen) atoms. The average Bonchev–Trinajstić information content (AvgIpc) is 3.21. The number of rotatable bonds is 9. The van der Waals surface area contributed by atoms with E-state index >= 15 is 0 Å². The fourth-order valence-electron chi connectivity index (χ4n) is 3.57. The number of para-hydroxylation sites is 1. The van der Waals surface area contributed by atoms with E-state index < -0.39 is 0 Å². The third kappa shape index (κ3) is 6.89. The minimum absolute atomic E-state index is 0.109. The van der Waals surface area contributed by atoms with Gasteiger partial charge in [-0.15, -0.1) is 0 Å². The summed E-state index contributed by atoms with van der Waals surface area (Å²) in [6.07, 6.45) is 0.395. The van der Waals surface area contributed by atoms with Crippen molar-refractivity contribution < 1.29 is 9.53 Å². The van der Waals surface area contributed by atoms with Crippen LogP contribution >= 0.6 is 0 Å². The predicted molar refractivity (Wildman–Crippen MR) is 125 cm³/mol. The summed E-state index contributed by atoms with van der Waals surface area (Å²) in [7, 11) is 0. The molecule has 1 aromatic carbocycles. The first kappa shape index (κ1) is 23.9. The molecule has 0 bridgehead atoms. The predicted octanol–water partition coefficient (Wildman–Crippen LogP) is 2.66. The van der Waals surface area contributed by atoms with Gasteiger partial charge in [0.25, 0.3) is 0 Å². The van der Waals surface area contributed by atoms with Gasteiger partial charge in [-0.3, -0.25) is 14.6 Å². The van der Waals surface area contributed by atoms with Crippen molar-refractivity contribution in [2.24, 2.45) is 0 Å². The summed E-state index contributed by atoms with van der Waals surface area (Å²) in [5, 5.41) is 16.8. The Bertz CT molecular complexity index is 907. The Morgan fingerprint density at radius 1 is 1.22 bits per heavy atom. The third-order valence-electron chi connectivity index (χ3n) is 5.49. The standard InChI is InChI=1S/C24H34N6O2/c1-24(2,3)21-18-22(30(27-21)20-8-5-4-6-9-20)26-23(31)19-29(11-7-10-25)13-12-28-14-16-32-17-15-28/h4-6,8-9,18H,7,11-17,19H2,1-3H3,(H,26,31). The van der Waals surface area contributed by atoms with Crippen LogP contribution < -0.4 is 5.32 Å². The Balaban J connectivity index is 1.69. The summed E-state index contributed by atoms with van der Waals surface area (Å²) in [5.74, 6) is 0.544. The lowest BCUT2D eigenvalue weighted by Gasteiger charge is -2.29. The van der Waals surface area contributed by atoms with Crippen LogP contribution in [-0.2, 0) is 14.9 Å². The van der Waals surface area contributed by atoms with Crippen molar-refractivity contribution in [1.82, 2.24) is 19.6 Å². The van der Waals surface area contributed by atoms with Crippen LogP contribution in [-0.4, -0.2) is 78.0 Å². The summed E-state index contributed by atoms with van der Waals surface area (Å²) in [4.78, 5) is 17.3. The number of anilines is 1. The highest BCUT2D eigenvalue weighted by Crippen LogP contribution is 2.26. The summed E-state index contributed by atoms with van der Waals surface area (Å²) in [6, 6.07) is 13.9. The molecule has 2 heterocycles. The Morgan fingerprint density at radius 2 is 1.94 bits per heavy atom. The lowest BCUT2D eigenvalue weighted by molar-refractivity contribution is -0.117. The van der Waals surface area contributed by atoms with E-state index in [2.05, 4.69) is 37.1 Å². The summed E-state index contributed by atoms with van der Waals surface area (Å²) >= 11 is 0. The molecule has 1 N–H and O–H groups in total. The number of hydrogen-bond acceptors (Lipinski definition) is 6. The lowest BCUT2D eigenvalue weighted by atomic mass is 9.92. The highest BCUT2D eigenvalue weighted by Gasteiger charge is 2.22. The molecule has 1 saturated heterocycles. The van der Waals surface area contributed by atoms with Crippen molar-refractivity contribution in [3.05, 3.63) is 42.1 Å². The SMILES string of the molecule is CC(C)(C)c1cc(NC(=O)CN(CCC#N)CCN2CCOCC2)n(-c2ccccc2)n1. The van der Waals surface area contributed by atoms with Crippen molar-refractivity contribution in [3.8, 4) is 11.8 Å². The molecule has 1 aliphatic heterocycles. The maximum absolute atomic E-state index is 13.0. The Morgan fingerprint density at radius 3 is 2.59 bits per heavy atom. The van der Waals surface area contributed by atoms with Gasteiger partial charge in [0.2, 0.25) is 5.91 Å². The zero-order valence-electron chi connectivity index (χ0n) is 19.4. The number of carbonyl (C=O) groups is 1. The Kier molecular flexibility index (Phi) is 8.39. The number of benzene rings is 1. The van der Waals surface area contributed by atoms with Crippen LogP contribution in [0.2, 0.25) is 0 Å². The van der Waals surface area contributed by atoms with Crippen LogP contribution in [0.15, 0.2) is 36.4 Å². The van der Waals surface area contributed by atoms with Crippen LogP contribution in [0, 0.1) is 11.3 Å². The highest BCUT2D eigenvalue weighted by molar-refractivity contribution is 5.91. The van der Waals surface area contributed by atoms with Gasteiger partial charge in [0, 0.05) is 50.6 Å². The van der Waals surface area contributed by atoms with E-state index in [1.165, 1.54) is 0 Å². The van der Waals surface area contributed by atoms with Gasteiger partial charge in [-0.25, -0.2) is 4.68 Å². The van der Waals surface area contributed by atoms with Crippen molar-refractivity contribution in [3.63, 3.8) is 0 Å². The van der Waals surface area contributed by atoms with E-state index in [0.717, 1.165) is 50.8 Å². The largest absolute Gasteiger partial charge is 0.379 e. The van der Waals surface area contributed by atoms with Gasteiger partial charge < -0.3 is 10.1 Å². The van der Waals surface area contributed by atoms with Crippen LogP contribution in [0.3, 0.4) is 0 Å². The van der Waals surface area contributed by atoms with Crippen LogP contribution in [0.4, 0.5) is 5.82 Å². The fourth-order valence-corrected chi connectivity index (χ4v) is 3.57. The number of nitrogens with one attached hydrogen (secondary N) is 1. The zero-order chi connectivity index (χ0) is 23.0. The molecule has 0 atom stereocenters. The fraction of sp³-hybridized carbons (Fsp3) is 0.542. The van der Waals surface area contributed by atoms with Crippen molar-refractivity contribution in [1.29, 1.82) is 5.26 Å². The molecule has 3 rings (SSSR count). The molecular weight excluding hydrogens is 404 g/mol. The molecule has 8 nitrogen and oxygen atoms in total. The topological polar surface area (TPSA) is 86.4 Å². The molecule has 1 amide bonds. The molecule has 2 aromatic rings. The van der Waals surface area contributed by atoms with Gasteiger partial charge in [0.15, 0.2) is 0 Å². The van der Waals surface area contributed by atoms with Crippen LogP contribution in [0.25, 0.3) is 5.69 Å². The average molecular weight is 439 g/mol. The minimum atomic E-state index is -0.142. The molecule has 0 spiro atoms. The van der Waals surface area contributed by atoms with E-state index in [4.69, 9.17) is 15.1 Å². The van der Waals surface area contributed by atoms with E-state index in [9.17, 15) is 4.79 Å². The molecule has 0 radical (unpaired) electrons. The molecular formula is C24H34N6O2. The molecule has 0 aliphatic carbocycles. The number of morpholine rings is 1. The Labute approximate surface area is 190 Å². The smallest absolute Gasteiger partial charge is 0.239 e. The number of hydrogen-bond donors (Lipinski definition) is 1. The van der Waals surface area contributed by atoms with Crippen molar-refractivity contribution in [2.45, 2.75) is 32.6 Å². The van der Waals surface area contributed by atoms with Crippen LogP contribution in [0.1, 0.15) is 32.9 Å². The van der Waals surface area contributed by atoms with Gasteiger partial charge in [0.05, 0.1) is 37.2 Å². The number of nitriles is 1. The molecule has 8 heteroatoms. The van der Waals surface area contributed by atoms with Gasteiger partial charge in [-0.1, -0.05) is 39.0 Å².